The molecule has 2 aliphatic heterocycles. The predicted molar refractivity (Wildman–Crippen MR) is 130 cm³/mol. The van der Waals surface area contributed by atoms with Gasteiger partial charge in [0.05, 0.1) is 6.61 Å². The highest BCUT2D eigenvalue weighted by Crippen LogP contribution is 2.16. The number of carbonyl (C=O) groups is 1. The molecule has 7 nitrogen and oxygen atoms in total. The highest BCUT2D eigenvalue weighted by molar-refractivity contribution is 14.0. The Morgan fingerprint density at radius 3 is 2.38 bits per heavy atom. The van der Waals surface area contributed by atoms with Crippen molar-refractivity contribution in [2.24, 2.45) is 10.9 Å². The van der Waals surface area contributed by atoms with Crippen molar-refractivity contribution < 1.29 is 9.53 Å². The summed E-state index contributed by atoms with van der Waals surface area (Å²) in [4.78, 5) is 21.0. The molecule has 2 N–H and O–H groups in total. The number of rotatable bonds is 8. The summed E-state index contributed by atoms with van der Waals surface area (Å²) < 4.78 is 5.09. The SMILES string of the molecule is CCNC(=NCCCCN1CCC(C)CC1)NC1CCN(C(=O)OCC)CC1.I. The first-order valence-electron chi connectivity index (χ1n) is 11.3. The number of piperidine rings is 2. The minimum Gasteiger partial charge on any atom is -0.450 e. The van der Waals surface area contributed by atoms with Crippen molar-refractivity contribution in [3.05, 3.63) is 0 Å². The number of guanidine groups is 1. The lowest BCUT2D eigenvalue weighted by molar-refractivity contribution is 0.0963. The molecule has 2 heterocycles. The van der Waals surface area contributed by atoms with Gasteiger partial charge >= 0.3 is 6.09 Å². The third-order valence-corrected chi connectivity index (χ3v) is 5.73. The number of likely N-dealkylation sites (tertiary alicyclic amines) is 2. The van der Waals surface area contributed by atoms with Crippen LogP contribution in [-0.2, 0) is 4.74 Å². The number of ether oxygens (including phenoxy) is 1. The highest BCUT2D eigenvalue weighted by Gasteiger charge is 2.24. The van der Waals surface area contributed by atoms with Crippen LogP contribution in [0, 0.1) is 5.92 Å². The Morgan fingerprint density at radius 2 is 1.76 bits per heavy atom. The number of hydrogen-bond donors (Lipinski definition) is 2. The van der Waals surface area contributed by atoms with Crippen LogP contribution in [0.15, 0.2) is 4.99 Å². The van der Waals surface area contributed by atoms with Crippen LogP contribution in [0.3, 0.4) is 0 Å². The van der Waals surface area contributed by atoms with E-state index < -0.39 is 0 Å². The molecular weight excluding hydrogens is 481 g/mol. The van der Waals surface area contributed by atoms with Crippen molar-refractivity contribution in [3.63, 3.8) is 0 Å². The van der Waals surface area contributed by atoms with E-state index in [4.69, 9.17) is 9.73 Å². The summed E-state index contributed by atoms with van der Waals surface area (Å²) in [6.07, 6.45) is 6.71. The van der Waals surface area contributed by atoms with Gasteiger partial charge in [-0.2, -0.15) is 0 Å². The smallest absolute Gasteiger partial charge is 0.409 e. The van der Waals surface area contributed by atoms with E-state index in [1.165, 1.54) is 38.9 Å². The number of unbranched alkanes of at least 4 members (excludes halogenated alkanes) is 1. The average Bonchev–Trinajstić information content (AvgIpc) is 2.70. The van der Waals surface area contributed by atoms with Crippen LogP contribution in [0.2, 0.25) is 0 Å². The van der Waals surface area contributed by atoms with Gasteiger partial charge in [0, 0.05) is 32.2 Å². The van der Waals surface area contributed by atoms with E-state index in [0.29, 0.717) is 12.6 Å². The number of halogens is 1. The highest BCUT2D eigenvalue weighted by atomic mass is 127. The van der Waals surface area contributed by atoms with Crippen molar-refractivity contribution in [1.82, 2.24) is 20.4 Å². The molecule has 0 radical (unpaired) electrons. The topological polar surface area (TPSA) is 69.2 Å². The summed E-state index contributed by atoms with van der Waals surface area (Å²) in [5, 5.41) is 6.90. The molecule has 0 aliphatic carbocycles. The second-order valence-corrected chi connectivity index (χ2v) is 8.10. The summed E-state index contributed by atoms with van der Waals surface area (Å²) in [6.45, 7) is 13.7. The Bertz CT molecular complexity index is 476. The summed E-state index contributed by atoms with van der Waals surface area (Å²) >= 11 is 0. The van der Waals surface area contributed by atoms with E-state index >= 15 is 0 Å². The lowest BCUT2D eigenvalue weighted by Gasteiger charge is -2.32. The first-order valence-corrected chi connectivity index (χ1v) is 11.3. The molecule has 0 aromatic rings. The molecule has 8 heteroatoms. The third-order valence-electron chi connectivity index (χ3n) is 5.73. The second kappa shape index (κ2) is 15.1. The Morgan fingerprint density at radius 1 is 1.07 bits per heavy atom. The van der Waals surface area contributed by atoms with Crippen molar-refractivity contribution >= 4 is 36.0 Å². The summed E-state index contributed by atoms with van der Waals surface area (Å²) in [5.41, 5.74) is 0. The van der Waals surface area contributed by atoms with E-state index in [-0.39, 0.29) is 30.1 Å². The number of hydrogen-bond acceptors (Lipinski definition) is 4. The van der Waals surface area contributed by atoms with Crippen LogP contribution < -0.4 is 10.6 Å². The Labute approximate surface area is 194 Å². The lowest BCUT2D eigenvalue weighted by Crippen LogP contribution is -2.49. The van der Waals surface area contributed by atoms with Crippen molar-refractivity contribution in [3.8, 4) is 0 Å². The molecule has 1 amide bonds. The van der Waals surface area contributed by atoms with Crippen molar-refractivity contribution in [2.75, 3.05) is 52.4 Å². The molecule has 170 valence electrons. The second-order valence-electron chi connectivity index (χ2n) is 8.10. The molecular formula is C21H42IN5O2. The zero-order chi connectivity index (χ0) is 20.2. The quantitative estimate of drug-likeness (QED) is 0.221. The number of amides is 1. The Kier molecular flexibility index (Phi) is 13.7. The van der Waals surface area contributed by atoms with Gasteiger partial charge in [0.2, 0.25) is 0 Å². The molecule has 2 fully saturated rings. The van der Waals surface area contributed by atoms with Gasteiger partial charge in [-0.3, -0.25) is 4.99 Å². The fraction of sp³-hybridized carbons (Fsp3) is 0.905. The number of nitrogens with one attached hydrogen (secondary N) is 2. The summed E-state index contributed by atoms with van der Waals surface area (Å²) in [6, 6.07) is 0.360. The first-order chi connectivity index (χ1) is 13.6. The largest absolute Gasteiger partial charge is 0.450 e. The molecule has 0 unspecified atom stereocenters. The number of aliphatic imine (C=N–C) groups is 1. The lowest BCUT2D eigenvalue weighted by atomic mass is 9.99. The number of nitrogens with zero attached hydrogens (tertiary/aromatic N) is 3. The maximum atomic E-state index is 11.8. The minimum atomic E-state index is -0.190. The maximum absolute atomic E-state index is 11.8. The van der Waals surface area contributed by atoms with E-state index in [0.717, 1.165) is 57.3 Å². The Hall–Kier alpha value is -0.770. The van der Waals surface area contributed by atoms with Gasteiger partial charge in [0.1, 0.15) is 0 Å². The van der Waals surface area contributed by atoms with Gasteiger partial charge in [-0.05, 0) is 77.9 Å². The fourth-order valence-electron chi connectivity index (χ4n) is 3.86. The van der Waals surface area contributed by atoms with Gasteiger partial charge < -0.3 is 25.2 Å². The van der Waals surface area contributed by atoms with E-state index in [2.05, 4.69) is 29.4 Å². The molecule has 0 saturated carbocycles. The van der Waals surface area contributed by atoms with Gasteiger partial charge in [-0.15, -0.1) is 24.0 Å². The standard InChI is InChI=1S/C21H41N5O2.HI/c1-4-22-20(23-12-6-7-13-25-14-8-18(3)9-15-25)24-19-10-16-26(17-11-19)21(27)28-5-2;/h18-19H,4-17H2,1-3H3,(H2,22,23,24);1H. The summed E-state index contributed by atoms with van der Waals surface area (Å²) in [5.74, 6) is 1.81. The van der Waals surface area contributed by atoms with Crippen LogP contribution in [0.25, 0.3) is 0 Å². The molecule has 2 aliphatic rings. The fourth-order valence-corrected chi connectivity index (χ4v) is 3.86. The zero-order valence-corrected chi connectivity index (χ0v) is 21.0. The van der Waals surface area contributed by atoms with E-state index in [9.17, 15) is 4.79 Å². The van der Waals surface area contributed by atoms with Crippen LogP contribution >= 0.6 is 24.0 Å². The van der Waals surface area contributed by atoms with Gasteiger partial charge in [-0.1, -0.05) is 6.92 Å². The van der Waals surface area contributed by atoms with Crippen LogP contribution in [-0.4, -0.2) is 80.3 Å². The van der Waals surface area contributed by atoms with Gasteiger partial charge in [-0.25, -0.2) is 4.79 Å². The summed E-state index contributed by atoms with van der Waals surface area (Å²) in [7, 11) is 0. The van der Waals surface area contributed by atoms with Crippen LogP contribution in [0.1, 0.15) is 59.3 Å². The maximum Gasteiger partial charge on any atom is 0.409 e. The molecule has 0 spiro atoms. The molecule has 0 aromatic carbocycles. The zero-order valence-electron chi connectivity index (χ0n) is 18.6. The molecule has 2 rings (SSSR count). The minimum absolute atomic E-state index is 0. The molecule has 2 saturated heterocycles. The van der Waals surface area contributed by atoms with Crippen LogP contribution in [0.5, 0.6) is 0 Å². The average molecular weight is 524 g/mol. The van der Waals surface area contributed by atoms with Crippen molar-refractivity contribution in [1.29, 1.82) is 0 Å². The number of carbonyl (C=O) groups excluding carboxylic acids is 1. The Balaban J connectivity index is 0.00000420. The van der Waals surface area contributed by atoms with Gasteiger partial charge in [0.25, 0.3) is 0 Å². The molecule has 29 heavy (non-hydrogen) atoms. The first kappa shape index (κ1) is 26.3. The monoisotopic (exact) mass is 523 g/mol. The molecule has 0 bridgehead atoms. The van der Waals surface area contributed by atoms with Crippen LogP contribution in [0.4, 0.5) is 4.79 Å². The normalized spacial score (nSPS) is 19.6. The van der Waals surface area contributed by atoms with E-state index in [1.807, 2.05) is 6.92 Å². The third kappa shape index (κ3) is 10.2. The molecule has 0 aromatic heterocycles. The van der Waals surface area contributed by atoms with E-state index in [1.54, 1.807) is 4.90 Å². The predicted octanol–water partition coefficient (Wildman–Crippen LogP) is 3.29. The van der Waals surface area contributed by atoms with Crippen molar-refractivity contribution in [2.45, 2.75) is 65.3 Å². The van der Waals surface area contributed by atoms with Gasteiger partial charge in [0.15, 0.2) is 5.96 Å². The molecule has 0 atom stereocenters.